The normalized spacial score (nSPS) is 14.9. The van der Waals surface area contributed by atoms with Crippen molar-refractivity contribution in [2.24, 2.45) is 0 Å². The molecule has 0 aliphatic heterocycles. The van der Waals surface area contributed by atoms with Crippen LogP contribution >= 0.6 is 34.4 Å². The zero-order chi connectivity index (χ0) is 26.6. The van der Waals surface area contributed by atoms with E-state index < -0.39 is 15.8 Å². The Morgan fingerprint density at radius 3 is 1.78 bits per heavy atom. The Balaban J connectivity index is 0.000000202. The zero-order valence-corrected chi connectivity index (χ0v) is 23.8. The van der Waals surface area contributed by atoms with E-state index in [4.69, 9.17) is 9.47 Å². The van der Waals surface area contributed by atoms with Crippen LogP contribution in [0.25, 0.3) is 0 Å². The Morgan fingerprint density at radius 2 is 1.31 bits per heavy atom. The summed E-state index contributed by atoms with van der Waals surface area (Å²) >= 11 is 3.78. The fraction of sp³-hybridized carbons (Fsp3) is 0.500. The van der Waals surface area contributed by atoms with Crippen molar-refractivity contribution in [1.82, 2.24) is 0 Å². The molecule has 0 N–H and O–H groups in total. The van der Waals surface area contributed by atoms with E-state index in [0.717, 1.165) is 45.8 Å². The molecule has 36 heavy (non-hydrogen) atoms. The van der Waals surface area contributed by atoms with Crippen LogP contribution in [-0.4, -0.2) is 57.6 Å². The Kier molecular flexibility index (Phi) is 9.53. The Bertz CT molecular complexity index is 1300. The predicted molar refractivity (Wildman–Crippen MR) is 140 cm³/mol. The third kappa shape index (κ3) is 5.92. The average Bonchev–Trinajstić information content (AvgIpc) is 3.41. The number of Topliss-reactive ketones (excluding diaryl/α,β-unsaturated/α-hetero) is 2. The second kappa shape index (κ2) is 12.0. The van der Waals surface area contributed by atoms with Gasteiger partial charge in [-0.25, -0.2) is 18.0 Å². The van der Waals surface area contributed by atoms with Gasteiger partial charge in [0.05, 0.1) is 23.0 Å². The molecule has 2 aliphatic rings. The first kappa shape index (κ1) is 28.5. The molecule has 0 amide bonds. The lowest BCUT2D eigenvalue weighted by Crippen LogP contribution is -2.14. The second-order valence-electron chi connectivity index (χ2n) is 8.12. The largest absolute Gasteiger partial charge is 0.462 e. The molecule has 4 rings (SSSR count). The highest BCUT2D eigenvalue weighted by molar-refractivity contribution is 8.00. The van der Waals surface area contributed by atoms with E-state index in [9.17, 15) is 27.6 Å². The molecule has 0 saturated heterocycles. The fourth-order valence-corrected chi connectivity index (χ4v) is 8.63. The SMILES string of the molecule is CCOC(=O)c1sc(S(C)(=O)=O)c2c1CCCC2=O.CCOC(=O)c1sc(SC)c2c1CCCC2=O. The molecule has 0 unspecified atom stereocenters. The Hall–Kier alpha value is -2.02. The summed E-state index contributed by atoms with van der Waals surface area (Å²) in [5.41, 5.74) is 2.44. The summed E-state index contributed by atoms with van der Waals surface area (Å²) in [4.78, 5) is 48.4. The lowest BCUT2D eigenvalue weighted by Gasteiger charge is -2.12. The highest BCUT2D eigenvalue weighted by Crippen LogP contribution is 2.40. The molecule has 8 nitrogen and oxygen atoms in total. The smallest absolute Gasteiger partial charge is 0.348 e. The van der Waals surface area contributed by atoms with Crippen LogP contribution in [0.4, 0.5) is 0 Å². The van der Waals surface area contributed by atoms with Crippen LogP contribution in [0, 0.1) is 0 Å². The number of thioether (sulfide) groups is 1. The van der Waals surface area contributed by atoms with E-state index >= 15 is 0 Å². The van der Waals surface area contributed by atoms with Gasteiger partial charge in [-0.2, -0.15) is 0 Å². The van der Waals surface area contributed by atoms with E-state index in [2.05, 4.69) is 0 Å². The monoisotopic (exact) mass is 572 g/mol. The summed E-state index contributed by atoms with van der Waals surface area (Å²) in [5, 5.41) is 0. The molecular formula is C24H28O8S4. The van der Waals surface area contributed by atoms with Crippen LogP contribution in [0.2, 0.25) is 0 Å². The number of thiophene rings is 2. The number of carbonyl (C=O) groups excluding carboxylic acids is 4. The van der Waals surface area contributed by atoms with E-state index in [1.54, 1.807) is 13.8 Å². The standard InChI is InChI=1S/C12H14O5S2.C12H14O3S2/c1-3-17-11(14)10-7-5-4-6-8(13)9(7)12(18-10)19(2,15)16;1-3-15-11(14)10-7-5-4-6-8(13)9(7)12(16-2)17-10/h3-6H2,1-2H3;3-6H2,1-2H3. The van der Waals surface area contributed by atoms with Gasteiger partial charge in [-0.1, -0.05) is 0 Å². The number of fused-ring (bicyclic) bond motifs is 2. The molecule has 0 fully saturated rings. The lowest BCUT2D eigenvalue weighted by atomic mass is 9.93. The molecule has 0 spiro atoms. The minimum absolute atomic E-state index is 0.00440. The van der Waals surface area contributed by atoms with Crippen molar-refractivity contribution in [3.63, 3.8) is 0 Å². The van der Waals surface area contributed by atoms with Gasteiger partial charge in [0.2, 0.25) is 0 Å². The first-order valence-electron chi connectivity index (χ1n) is 11.5. The van der Waals surface area contributed by atoms with Crippen LogP contribution in [0.3, 0.4) is 0 Å². The summed E-state index contributed by atoms with van der Waals surface area (Å²) in [6.45, 7) is 4.06. The summed E-state index contributed by atoms with van der Waals surface area (Å²) in [7, 11) is -3.51. The van der Waals surface area contributed by atoms with Gasteiger partial charge in [0.15, 0.2) is 21.4 Å². The molecule has 0 saturated carbocycles. The van der Waals surface area contributed by atoms with Crippen LogP contribution in [0.15, 0.2) is 8.42 Å². The van der Waals surface area contributed by atoms with Crippen molar-refractivity contribution in [1.29, 1.82) is 0 Å². The lowest BCUT2D eigenvalue weighted by molar-refractivity contribution is 0.0520. The van der Waals surface area contributed by atoms with E-state index in [1.165, 1.54) is 23.1 Å². The summed E-state index contributed by atoms with van der Waals surface area (Å²) in [6.07, 6.45) is 6.74. The van der Waals surface area contributed by atoms with E-state index in [0.29, 0.717) is 42.7 Å². The number of esters is 2. The summed E-state index contributed by atoms with van der Waals surface area (Å²) in [5.74, 6) is -0.868. The third-order valence-corrected chi connectivity index (χ3v) is 11.0. The fourth-order valence-electron chi connectivity index (χ4n) is 4.15. The quantitative estimate of drug-likeness (QED) is 0.347. The van der Waals surface area contributed by atoms with Crippen molar-refractivity contribution in [3.8, 4) is 0 Å². The van der Waals surface area contributed by atoms with Crippen LogP contribution < -0.4 is 0 Å². The molecule has 196 valence electrons. The van der Waals surface area contributed by atoms with Gasteiger partial charge in [0, 0.05) is 24.7 Å². The Labute approximate surface area is 222 Å². The van der Waals surface area contributed by atoms with Crippen LogP contribution in [-0.2, 0) is 32.2 Å². The van der Waals surface area contributed by atoms with Crippen molar-refractivity contribution in [2.75, 3.05) is 25.7 Å². The maximum absolute atomic E-state index is 11.9. The van der Waals surface area contributed by atoms with Gasteiger partial charge in [0.1, 0.15) is 14.0 Å². The van der Waals surface area contributed by atoms with Crippen LogP contribution in [0.5, 0.6) is 0 Å². The van der Waals surface area contributed by atoms with Gasteiger partial charge < -0.3 is 9.47 Å². The topological polar surface area (TPSA) is 121 Å². The van der Waals surface area contributed by atoms with Gasteiger partial charge in [0.25, 0.3) is 0 Å². The molecule has 12 heteroatoms. The minimum atomic E-state index is -3.51. The second-order valence-corrected chi connectivity index (χ2v) is 13.4. The number of rotatable bonds is 6. The van der Waals surface area contributed by atoms with E-state index in [1.807, 2.05) is 6.26 Å². The maximum atomic E-state index is 11.9. The van der Waals surface area contributed by atoms with E-state index in [-0.39, 0.29) is 38.8 Å². The highest BCUT2D eigenvalue weighted by Gasteiger charge is 2.33. The van der Waals surface area contributed by atoms with Gasteiger partial charge in [-0.05, 0) is 56.9 Å². The average molecular weight is 573 g/mol. The minimum Gasteiger partial charge on any atom is -0.462 e. The molecule has 2 aliphatic carbocycles. The van der Waals surface area contributed by atoms with Crippen LogP contribution in [0.1, 0.15) is 90.7 Å². The number of ether oxygens (including phenoxy) is 2. The van der Waals surface area contributed by atoms with Crippen molar-refractivity contribution < 1.29 is 37.1 Å². The first-order valence-corrected chi connectivity index (χ1v) is 16.3. The highest BCUT2D eigenvalue weighted by atomic mass is 32.2. The molecule has 0 bridgehead atoms. The maximum Gasteiger partial charge on any atom is 0.348 e. The van der Waals surface area contributed by atoms with Crippen molar-refractivity contribution >= 4 is 67.8 Å². The Morgan fingerprint density at radius 1 is 0.833 bits per heavy atom. The van der Waals surface area contributed by atoms with Crippen molar-refractivity contribution in [3.05, 3.63) is 32.0 Å². The van der Waals surface area contributed by atoms with Crippen molar-refractivity contribution in [2.45, 2.75) is 60.8 Å². The number of sulfone groups is 1. The first-order chi connectivity index (χ1) is 17.0. The summed E-state index contributed by atoms with van der Waals surface area (Å²) < 4.78 is 34.4. The third-order valence-electron chi connectivity index (χ3n) is 5.61. The number of ketones is 2. The molecule has 2 aromatic heterocycles. The number of hydrogen-bond acceptors (Lipinski definition) is 11. The number of carbonyl (C=O) groups is 4. The molecule has 2 aromatic rings. The van der Waals surface area contributed by atoms with Gasteiger partial charge >= 0.3 is 11.9 Å². The van der Waals surface area contributed by atoms with Gasteiger partial charge in [-0.15, -0.1) is 34.4 Å². The molecule has 0 atom stereocenters. The predicted octanol–water partition coefficient (Wildman–Crippen LogP) is 5.01. The number of hydrogen-bond donors (Lipinski definition) is 0. The summed E-state index contributed by atoms with van der Waals surface area (Å²) in [6, 6.07) is 0. The molecule has 0 radical (unpaired) electrons. The molecule has 0 aromatic carbocycles. The molecular weight excluding hydrogens is 545 g/mol. The van der Waals surface area contributed by atoms with Gasteiger partial charge in [-0.3, -0.25) is 9.59 Å². The molecule has 2 heterocycles. The zero-order valence-electron chi connectivity index (χ0n) is 20.6.